The Morgan fingerprint density at radius 1 is 1.11 bits per heavy atom. The molecule has 2 unspecified atom stereocenters. The molecule has 0 saturated carbocycles. The first-order valence-corrected chi connectivity index (χ1v) is 6.38. The van der Waals surface area contributed by atoms with Crippen molar-refractivity contribution in [3.8, 4) is 17.2 Å². The lowest BCUT2D eigenvalue weighted by Gasteiger charge is -2.17. The minimum absolute atomic E-state index is 0.0438. The summed E-state index contributed by atoms with van der Waals surface area (Å²) >= 11 is 0. The summed E-state index contributed by atoms with van der Waals surface area (Å²) in [5.41, 5.74) is 6.67. The largest absolute Gasteiger partial charge is 0.493 e. The molecule has 2 N–H and O–H groups in total. The van der Waals surface area contributed by atoms with E-state index >= 15 is 0 Å². The first kappa shape index (κ1) is 14.0. The number of rotatable bonds is 5. The first-order chi connectivity index (χ1) is 9.23. The second-order valence-corrected chi connectivity index (χ2v) is 4.52. The Labute approximate surface area is 113 Å². The molecule has 1 saturated heterocycles. The van der Waals surface area contributed by atoms with Crippen LogP contribution in [0.5, 0.6) is 17.2 Å². The van der Waals surface area contributed by atoms with Crippen LogP contribution in [0.4, 0.5) is 0 Å². The summed E-state index contributed by atoms with van der Waals surface area (Å²) in [6.45, 7) is 0.556. The quantitative estimate of drug-likeness (QED) is 0.882. The molecule has 5 heteroatoms. The van der Waals surface area contributed by atoms with E-state index in [0.717, 1.165) is 18.4 Å². The molecule has 1 heterocycles. The average Bonchev–Trinajstić information content (AvgIpc) is 2.94. The van der Waals surface area contributed by atoms with E-state index in [4.69, 9.17) is 24.7 Å². The van der Waals surface area contributed by atoms with Crippen molar-refractivity contribution in [2.75, 3.05) is 27.9 Å². The molecule has 1 aliphatic rings. The second-order valence-electron chi connectivity index (χ2n) is 4.52. The molecule has 2 atom stereocenters. The molecule has 19 heavy (non-hydrogen) atoms. The summed E-state index contributed by atoms with van der Waals surface area (Å²) < 4.78 is 21.9. The number of hydrogen-bond acceptors (Lipinski definition) is 5. The summed E-state index contributed by atoms with van der Waals surface area (Å²) in [5.74, 6) is 1.90. The van der Waals surface area contributed by atoms with Gasteiger partial charge in [0.15, 0.2) is 11.5 Å². The number of hydrogen-bond donors (Lipinski definition) is 1. The van der Waals surface area contributed by atoms with Crippen LogP contribution in [0, 0.1) is 0 Å². The fourth-order valence-corrected chi connectivity index (χ4v) is 2.41. The number of benzene rings is 1. The van der Waals surface area contributed by atoms with Crippen LogP contribution >= 0.6 is 0 Å². The van der Waals surface area contributed by atoms with Gasteiger partial charge in [0.25, 0.3) is 0 Å². The summed E-state index contributed by atoms with van der Waals surface area (Å²) in [6.07, 6.45) is 2.13. The maximum atomic E-state index is 5.89. The summed E-state index contributed by atoms with van der Waals surface area (Å²) in [5, 5.41) is 0. The van der Waals surface area contributed by atoms with Crippen molar-refractivity contribution in [3.05, 3.63) is 17.7 Å². The van der Waals surface area contributed by atoms with Crippen molar-refractivity contribution in [2.24, 2.45) is 5.73 Å². The SMILES string of the molecule is COc1cc(C2CCC(CN)O2)cc(OC)c1OC. The van der Waals surface area contributed by atoms with E-state index < -0.39 is 0 Å². The van der Waals surface area contributed by atoms with Crippen molar-refractivity contribution in [1.82, 2.24) is 0 Å². The molecule has 0 bridgehead atoms. The Kier molecular flexibility index (Phi) is 4.50. The highest BCUT2D eigenvalue weighted by Crippen LogP contribution is 2.42. The Balaban J connectivity index is 2.31. The van der Waals surface area contributed by atoms with E-state index in [9.17, 15) is 0 Å². The highest BCUT2D eigenvalue weighted by atomic mass is 16.5. The van der Waals surface area contributed by atoms with Crippen LogP contribution in [0.3, 0.4) is 0 Å². The lowest BCUT2D eigenvalue weighted by Crippen LogP contribution is -2.18. The van der Waals surface area contributed by atoms with Crippen LogP contribution in [-0.2, 0) is 4.74 Å². The van der Waals surface area contributed by atoms with Gasteiger partial charge >= 0.3 is 0 Å². The van der Waals surface area contributed by atoms with E-state index in [1.54, 1.807) is 21.3 Å². The molecule has 0 spiro atoms. The van der Waals surface area contributed by atoms with Gasteiger partial charge in [-0.25, -0.2) is 0 Å². The van der Waals surface area contributed by atoms with Gasteiger partial charge in [-0.1, -0.05) is 0 Å². The van der Waals surface area contributed by atoms with E-state index in [2.05, 4.69) is 0 Å². The van der Waals surface area contributed by atoms with Gasteiger partial charge in [-0.2, -0.15) is 0 Å². The molecule has 0 radical (unpaired) electrons. The zero-order valence-corrected chi connectivity index (χ0v) is 11.6. The predicted octanol–water partition coefficient (Wildman–Crippen LogP) is 1.89. The zero-order chi connectivity index (χ0) is 13.8. The zero-order valence-electron chi connectivity index (χ0n) is 11.6. The van der Waals surface area contributed by atoms with Crippen molar-refractivity contribution >= 4 is 0 Å². The van der Waals surface area contributed by atoms with Gasteiger partial charge in [-0.05, 0) is 30.5 Å². The van der Waals surface area contributed by atoms with Crippen molar-refractivity contribution in [2.45, 2.75) is 25.0 Å². The Bertz CT molecular complexity index is 410. The van der Waals surface area contributed by atoms with Crippen LogP contribution in [0.1, 0.15) is 24.5 Å². The molecule has 0 amide bonds. The molecule has 1 aromatic carbocycles. The van der Waals surface area contributed by atoms with Gasteiger partial charge in [0.05, 0.1) is 33.5 Å². The lowest BCUT2D eigenvalue weighted by molar-refractivity contribution is 0.0495. The maximum absolute atomic E-state index is 5.89. The lowest BCUT2D eigenvalue weighted by atomic mass is 10.0. The van der Waals surface area contributed by atoms with E-state index in [1.165, 1.54) is 0 Å². The fraction of sp³-hybridized carbons (Fsp3) is 0.571. The smallest absolute Gasteiger partial charge is 0.203 e. The van der Waals surface area contributed by atoms with Gasteiger partial charge in [-0.3, -0.25) is 0 Å². The number of methoxy groups -OCH3 is 3. The van der Waals surface area contributed by atoms with E-state index in [0.29, 0.717) is 23.8 Å². The van der Waals surface area contributed by atoms with Crippen LogP contribution in [0.15, 0.2) is 12.1 Å². The second kappa shape index (κ2) is 6.12. The van der Waals surface area contributed by atoms with Gasteiger partial charge in [0.1, 0.15) is 0 Å². The number of ether oxygens (including phenoxy) is 4. The highest BCUT2D eigenvalue weighted by Gasteiger charge is 2.27. The molecule has 106 valence electrons. The van der Waals surface area contributed by atoms with Crippen molar-refractivity contribution < 1.29 is 18.9 Å². The third-order valence-corrected chi connectivity index (χ3v) is 3.43. The van der Waals surface area contributed by atoms with Gasteiger partial charge in [0.2, 0.25) is 5.75 Å². The average molecular weight is 267 g/mol. The van der Waals surface area contributed by atoms with Gasteiger partial charge < -0.3 is 24.7 Å². The van der Waals surface area contributed by atoms with Crippen molar-refractivity contribution in [1.29, 1.82) is 0 Å². The van der Waals surface area contributed by atoms with E-state index in [-0.39, 0.29) is 12.2 Å². The molecule has 1 aliphatic heterocycles. The summed E-state index contributed by atoms with van der Waals surface area (Å²) in [7, 11) is 4.81. The van der Waals surface area contributed by atoms with Gasteiger partial charge in [-0.15, -0.1) is 0 Å². The first-order valence-electron chi connectivity index (χ1n) is 6.38. The van der Waals surface area contributed by atoms with Gasteiger partial charge in [0, 0.05) is 6.54 Å². The van der Waals surface area contributed by atoms with Crippen LogP contribution < -0.4 is 19.9 Å². The van der Waals surface area contributed by atoms with Crippen LogP contribution in [0.2, 0.25) is 0 Å². The summed E-state index contributed by atoms with van der Waals surface area (Å²) in [6, 6.07) is 3.87. The molecule has 2 rings (SSSR count). The monoisotopic (exact) mass is 267 g/mol. The van der Waals surface area contributed by atoms with Crippen molar-refractivity contribution in [3.63, 3.8) is 0 Å². The molecule has 0 aromatic heterocycles. The minimum Gasteiger partial charge on any atom is -0.493 e. The maximum Gasteiger partial charge on any atom is 0.203 e. The predicted molar refractivity (Wildman–Crippen MR) is 72.0 cm³/mol. The molecular weight excluding hydrogens is 246 g/mol. The molecule has 1 aromatic rings. The third kappa shape index (κ3) is 2.77. The number of nitrogens with two attached hydrogens (primary N) is 1. The Hall–Kier alpha value is -1.46. The highest BCUT2D eigenvalue weighted by molar-refractivity contribution is 5.54. The minimum atomic E-state index is 0.0438. The molecular formula is C14H21NO4. The molecule has 1 fully saturated rings. The molecule has 0 aliphatic carbocycles. The van der Waals surface area contributed by atoms with Crippen LogP contribution in [0.25, 0.3) is 0 Å². The Morgan fingerprint density at radius 2 is 1.74 bits per heavy atom. The fourth-order valence-electron chi connectivity index (χ4n) is 2.41. The van der Waals surface area contributed by atoms with Crippen LogP contribution in [-0.4, -0.2) is 34.0 Å². The molecule has 5 nitrogen and oxygen atoms in total. The standard InChI is InChI=1S/C14H21NO4/c1-16-12-6-9(7-13(17-2)14(12)18-3)11-5-4-10(8-15)19-11/h6-7,10-11H,4-5,8,15H2,1-3H3. The Morgan fingerprint density at radius 3 is 2.16 bits per heavy atom. The van der Waals surface area contributed by atoms with E-state index in [1.807, 2.05) is 12.1 Å². The normalized spacial score (nSPS) is 22.3. The summed E-state index contributed by atoms with van der Waals surface area (Å²) in [4.78, 5) is 0. The topological polar surface area (TPSA) is 62.9 Å². The third-order valence-electron chi connectivity index (χ3n) is 3.43.